The Morgan fingerprint density at radius 3 is 2.47 bits per heavy atom. The summed E-state index contributed by atoms with van der Waals surface area (Å²) in [4.78, 5) is 11.3. The Hall–Kier alpha value is -1.82. The second-order valence-electron chi connectivity index (χ2n) is 4.85. The van der Waals surface area contributed by atoms with Crippen LogP contribution in [0.1, 0.15) is 19.4 Å². The molecule has 0 atom stereocenters. The molecule has 0 fully saturated rings. The van der Waals surface area contributed by atoms with Gasteiger partial charge in [-0.15, -0.1) is 0 Å². The first kappa shape index (κ1) is 13.6. The highest BCUT2D eigenvalue weighted by Crippen LogP contribution is 2.43. The van der Waals surface area contributed by atoms with Gasteiger partial charge in [-0.1, -0.05) is 0 Å². The topological polar surface area (TPSA) is 80.7 Å². The van der Waals surface area contributed by atoms with Gasteiger partial charge in [0, 0.05) is 0 Å². The molecule has 2 rings (SSSR count). The monoisotopic (exact) mass is 282 g/mol. The van der Waals surface area contributed by atoms with E-state index in [4.69, 9.17) is 4.74 Å². The van der Waals surface area contributed by atoms with E-state index < -0.39 is 21.2 Å². The Bertz CT molecular complexity index is 683. The number of aliphatic carboxylic acids is 1. The number of sulfone groups is 1. The van der Waals surface area contributed by atoms with E-state index in [9.17, 15) is 18.3 Å². The van der Waals surface area contributed by atoms with Crippen molar-refractivity contribution in [3.05, 3.63) is 28.7 Å². The maximum atomic E-state index is 12.4. The zero-order chi connectivity index (χ0) is 14.4. The quantitative estimate of drug-likeness (QED) is 0.916. The van der Waals surface area contributed by atoms with E-state index in [1.165, 1.54) is 33.1 Å². The van der Waals surface area contributed by atoms with Crippen LogP contribution < -0.4 is 4.74 Å². The number of benzene rings is 1. The van der Waals surface area contributed by atoms with E-state index in [0.29, 0.717) is 11.3 Å². The molecule has 1 heterocycles. The number of carbonyl (C=O) groups is 1. The number of hydrogen-bond donors (Lipinski definition) is 1. The van der Waals surface area contributed by atoms with Crippen LogP contribution in [0.4, 0.5) is 0 Å². The summed E-state index contributed by atoms with van der Waals surface area (Å²) in [6.07, 6.45) is 1.40. The fourth-order valence-corrected chi connectivity index (χ4v) is 3.92. The molecule has 6 heteroatoms. The Morgan fingerprint density at radius 2 is 1.95 bits per heavy atom. The van der Waals surface area contributed by atoms with E-state index in [1.54, 1.807) is 12.1 Å². The van der Waals surface area contributed by atoms with Gasteiger partial charge in [-0.3, -0.25) is 4.79 Å². The third-order valence-corrected chi connectivity index (χ3v) is 5.39. The van der Waals surface area contributed by atoms with Gasteiger partial charge in [-0.25, -0.2) is 8.42 Å². The van der Waals surface area contributed by atoms with E-state index in [1.807, 2.05) is 0 Å². The molecule has 0 spiro atoms. The molecule has 0 unspecified atom stereocenters. The van der Waals surface area contributed by atoms with Crippen LogP contribution in [0.25, 0.3) is 6.08 Å². The molecular weight excluding hydrogens is 268 g/mol. The minimum Gasteiger partial charge on any atom is -0.497 e. The van der Waals surface area contributed by atoms with Gasteiger partial charge in [0.05, 0.1) is 22.3 Å². The summed E-state index contributed by atoms with van der Waals surface area (Å²) in [6, 6.07) is 4.56. The van der Waals surface area contributed by atoms with Gasteiger partial charge in [0.2, 0.25) is 9.84 Å². The van der Waals surface area contributed by atoms with Gasteiger partial charge < -0.3 is 9.84 Å². The second kappa shape index (κ2) is 4.09. The fourth-order valence-electron chi connectivity index (χ4n) is 1.97. The smallest absolute Gasteiger partial charge is 0.314 e. The van der Waals surface area contributed by atoms with Crippen molar-refractivity contribution in [2.75, 3.05) is 7.11 Å². The van der Waals surface area contributed by atoms with E-state index in [0.717, 1.165) is 0 Å². The second-order valence-corrected chi connectivity index (χ2v) is 6.73. The standard InChI is InChI=1S/C13H14O5S/c1-13(2,12(14)15)11-7-8-6-9(18-3)4-5-10(8)19(11,16)17/h4-7H,1-3H3,(H,14,15). The molecule has 0 radical (unpaired) electrons. The number of carboxylic acids is 1. The van der Waals surface area contributed by atoms with Crippen LogP contribution in [-0.2, 0) is 14.6 Å². The Labute approximate surface area is 111 Å². The lowest BCUT2D eigenvalue weighted by molar-refractivity contribution is -0.144. The summed E-state index contributed by atoms with van der Waals surface area (Å²) >= 11 is 0. The Morgan fingerprint density at radius 1 is 1.32 bits per heavy atom. The van der Waals surface area contributed by atoms with Crippen molar-refractivity contribution in [3.8, 4) is 5.75 Å². The van der Waals surface area contributed by atoms with Gasteiger partial charge >= 0.3 is 5.97 Å². The Kier molecular flexibility index (Phi) is 2.93. The summed E-state index contributed by atoms with van der Waals surface area (Å²) in [5, 5.41) is 9.18. The summed E-state index contributed by atoms with van der Waals surface area (Å²) in [5.41, 5.74) is -1.01. The zero-order valence-corrected chi connectivity index (χ0v) is 11.6. The van der Waals surface area contributed by atoms with Gasteiger partial charge in [-0.05, 0) is 43.7 Å². The molecule has 102 valence electrons. The van der Waals surface area contributed by atoms with Crippen LogP contribution in [0.5, 0.6) is 5.75 Å². The average Bonchev–Trinajstić information content (AvgIpc) is 2.61. The summed E-state index contributed by atoms with van der Waals surface area (Å²) in [6.45, 7) is 2.75. The van der Waals surface area contributed by atoms with E-state index in [-0.39, 0.29) is 9.80 Å². The number of hydrogen-bond acceptors (Lipinski definition) is 4. The molecule has 0 bridgehead atoms. The van der Waals surface area contributed by atoms with Crippen molar-refractivity contribution in [3.63, 3.8) is 0 Å². The van der Waals surface area contributed by atoms with Gasteiger partial charge in [0.1, 0.15) is 5.75 Å². The first-order valence-corrected chi connectivity index (χ1v) is 7.08. The van der Waals surface area contributed by atoms with Crippen LogP contribution >= 0.6 is 0 Å². The third-order valence-electron chi connectivity index (χ3n) is 3.23. The molecule has 5 nitrogen and oxygen atoms in total. The molecule has 1 aliphatic heterocycles. The Balaban J connectivity index is 2.66. The van der Waals surface area contributed by atoms with Crippen molar-refractivity contribution < 1.29 is 23.1 Å². The molecule has 0 amide bonds. The first-order chi connectivity index (χ1) is 8.71. The largest absolute Gasteiger partial charge is 0.497 e. The minimum absolute atomic E-state index is 0.101. The normalized spacial score (nSPS) is 16.7. The van der Waals surface area contributed by atoms with Gasteiger partial charge in [0.25, 0.3) is 0 Å². The molecule has 0 saturated carbocycles. The molecule has 0 aliphatic carbocycles. The van der Waals surface area contributed by atoms with Crippen molar-refractivity contribution in [1.82, 2.24) is 0 Å². The van der Waals surface area contributed by atoms with E-state index >= 15 is 0 Å². The van der Waals surface area contributed by atoms with Crippen molar-refractivity contribution >= 4 is 21.9 Å². The van der Waals surface area contributed by atoms with Crippen molar-refractivity contribution in [2.45, 2.75) is 18.7 Å². The van der Waals surface area contributed by atoms with Crippen LogP contribution in [0.2, 0.25) is 0 Å². The number of rotatable bonds is 3. The maximum Gasteiger partial charge on any atom is 0.314 e. The highest BCUT2D eigenvalue weighted by molar-refractivity contribution is 7.96. The lowest BCUT2D eigenvalue weighted by atomic mass is 9.92. The molecule has 1 aliphatic rings. The predicted octanol–water partition coefficient (Wildman–Crippen LogP) is 1.93. The summed E-state index contributed by atoms with van der Waals surface area (Å²) < 4.78 is 29.8. The molecule has 1 aromatic rings. The lowest BCUT2D eigenvalue weighted by Gasteiger charge is -2.20. The van der Waals surface area contributed by atoms with Gasteiger partial charge in [0.15, 0.2) is 0 Å². The minimum atomic E-state index is -3.75. The number of carboxylic acid groups (broad SMARTS) is 1. The summed E-state index contributed by atoms with van der Waals surface area (Å²) in [7, 11) is -2.27. The maximum absolute atomic E-state index is 12.4. The SMILES string of the molecule is COc1ccc2c(c1)C=C(C(C)(C)C(=O)O)S2(=O)=O. The van der Waals surface area contributed by atoms with Crippen LogP contribution in [0.3, 0.4) is 0 Å². The van der Waals surface area contributed by atoms with E-state index in [2.05, 4.69) is 0 Å². The zero-order valence-electron chi connectivity index (χ0n) is 10.8. The molecule has 19 heavy (non-hydrogen) atoms. The molecule has 1 aromatic carbocycles. The van der Waals surface area contributed by atoms with Crippen molar-refractivity contribution in [1.29, 1.82) is 0 Å². The first-order valence-electron chi connectivity index (χ1n) is 5.60. The third kappa shape index (κ3) is 1.92. The van der Waals surface area contributed by atoms with Crippen LogP contribution in [0.15, 0.2) is 28.0 Å². The highest BCUT2D eigenvalue weighted by atomic mass is 32.2. The number of ether oxygens (including phenoxy) is 1. The number of methoxy groups -OCH3 is 1. The lowest BCUT2D eigenvalue weighted by Crippen LogP contribution is -2.28. The molecular formula is C13H14O5S. The highest BCUT2D eigenvalue weighted by Gasteiger charge is 2.43. The van der Waals surface area contributed by atoms with Crippen LogP contribution in [0, 0.1) is 5.41 Å². The van der Waals surface area contributed by atoms with Gasteiger partial charge in [-0.2, -0.15) is 0 Å². The molecule has 0 saturated heterocycles. The summed E-state index contributed by atoms with van der Waals surface area (Å²) in [5.74, 6) is -0.651. The van der Waals surface area contributed by atoms with Crippen LogP contribution in [-0.4, -0.2) is 26.6 Å². The predicted molar refractivity (Wildman–Crippen MR) is 69.6 cm³/mol. The molecule has 0 aromatic heterocycles. The average molecular weight is 282 g/mol. The fraction of sp³-hybridized carbons (Fsp3) is 0.308. The molecule has 1 N–H and O–H groups in total. The van der Waals surface area contributed by atoms with Crippen molar-refractivity contribution in [2.24, 2.45) is 5.41 Å². The number of fused-ring (bicyclic) bond motifs is 1.